The predicted molar refractivity (Wildman–Crippen MR) is 76.2 cm³/mol. The highest BCUT2D eigenvalue weighted by Gasteiger charge is 2.11. The molecule has 0 fully saturated rings. The summed E-state index contributed by atoms with van der Waals surface area (Å²) in [7, 11) is 0. The van der Waals surface area contributed by atoms with Crippen LogP contribution in [0.25, 0.3) is 0 Å². The second-order valence-corrected chi connectivity index (χ2v) is 6.37. The molecule has 96 valence electrons. The number of hydrogen-bond acceptors (Lipinski definition) is 3. The van der Waals surface area contributed by atoms with E-state index in [2.05, 4.69) is 26.2 Å². The average Bonchev–Trinajstić information content (AvgIpc) is 2.72. The molecule has 18 heavy (non-hydrogen) atoms. The summed E-state index contributed by atoms with van der Waals surface area (Å²) in [4.78, 5) is 5.46. The van der Waals surface area contributed by atoms with Crippen molar-refractivity contribution in [3.63, 3.8) is 0 Å². The minimum Gasteiger partial charge on any atom is -0.304 e. The molecule has 1 atom stereocenters. The minimum absolute atomic E-state index is 0.0395. The van der Waals surface area contributed by atoms with Crippen molar-refractivity contribution in [1.29, 1.82) is 0 Å². The van der Waals surface area contributed by atoms with Crippen LogP contribution >= 0.6 is 27.3 Å². The maximum atomic E-state index is 13.7. The molecule has 2 rings (SSSR count). The van der Waals surface area contributed by atoms with E-state index in [0.29, 0.717) is 12.1 Å². The van der Waals surface area contributed by atoms with Gasteiger partial charge in [0.1, 0.15) is 10.8 Å². The number of benzene rings is 1. The van der Waals surface area contributed by atoms with Gasteiger partial charge in [0, 0.05) is 33.7 Å². The van der Waals surface area contributed by atoms with Crippen molar-refractivity contribution in [3.8, 4) is 0 Å². The third-order valence-electron chi connectivity index (χ3n) is 2.66. The molecule has 1 aromatic heterocycles. The van der Waals surface area contributed by atoms with E-state index in [1.54, 1.807) is 17.4 Å². The second kappa shape index (κ2) is 5.91. The summed E-state index contributed by atoms with van der Waals surface area (Å²) in [6, 6.07) is 5.09. The Morgan fingerprint density at radius 3 is 2.89 bits per heavy atom. The summed E-state index contributed by atoms with van der Waals surface area (Å²) < 4.78 is 14.5. The van der Waals surface area contributed by atoms with E-state index in [1.165, 1.54) is 10.9 Å². The van der Waals surface area contributed by atoms with Crippen molar-refractivity contribution in [1.82, 2.24) is 10.3 Å². The Morgan fingerprint density at radius 1 is 1.50 bits per heavy atom. The summed E-state index contributed by atoms with van der Waals surface area (Å²) in [5, 5.41) is 4.31. The van der Waals surface area contributed by atoms with Crippen molar-refractivity contribution in [2.75, 3.05) is 0 Å². The van der Waals surface area contributed by atoms with E-state index in [9.17, 15) is 4.39 Å². The molecule has 0 aliphatic carbocycles. The number of thiazole rings is 1. The molecule has 0 saturated heterocycles. The van der Waals surface area contributed by atoms with Crippen LogP contribution in [0.1, 0.15) is 28.4 Å². The minimum atomic E-state index is -0.195. The molecule has 0 bridgehead atoms. The fourth-order valence-corrected chi connectivity index (χ4v) is 2.76. The molecule has 1 N–H and O–H groups in total. The maximum absolute atomic E-state index is 13.7. The molecule has 1 unspecified atom stereocenters. The first-order chi connectivity index (χ1) is 8.56. The number of nitrogens with one attached hydrogen (secondary N) is 1. The van der Waals surface area contributed by atoms with Gasteiger partial charge in [0.2, 0.25) is 0 Å². The van der Waals surface area contributed by atoms with E-state index in [0.717, 1.165) is 9.48 Å². The summed E-state index contributed by atoms with van der Waals surface area (Å²) in [6.45, 7) is 4.64. The lowest BCUT2D eigenvalue weighted by molar-refractivity contribution is 0.527. The van der Waals surface area contributed by atoms with Crippen LogP contribution in [0.4, 0.5) is 4.39 Å². The van der Waals surface area contributed by atoms with Crippen LogP contribution in [0.3, 0.4) is 0 Å². The molecule has 2 nitrogen and oxygen atoms in total. The molecule has 1 heterocycles. The van der Waals surface area contributed by atoms with E-state index >= 15 is 0 Å². The lowest BCUT2D eigenvalue weighted by atomic mass is 10.1. The van der Waals surface area contributed by atoms with Gasteiger partial charge in [0.05, 0.1) is 0 Å². The first kappa shape index (κ1) is 13.6. The van der Waals surface area contributed by atoms with Crippen molar-refractivity contribution in [2.24, 2.45) is 0 Å². The number of nitrogens with zero attached hydrogens (tertiary/aromatic N) is 1. The van der Waals surface area contributed by atoms with Crippen LogP contribution < -0.4 is 5.32 Å². The summed E-state index contributed by atoms with van der Waals surface area (Å²) >= 11 is 4.91. The highest BCUT2D eigenvalue weighted by Crippen LogP contribution is 2.21. The monoisotopic (exact) mass is 328 g/mol. The molecule has 0 spiro atoms. The lowest BCUT2D eigenvalue weighted by Gasteiger charge is -2.14. The zero-order valence-corrected chi connectivity index (χ0v) is 12.6. The quantitative estimate of drug-likeness (QED) is 0.909. The molecule has 1 aromatic carbocycles. The first-order valence-electron chi connectivity index (χ1n) is 5.66. The maximum Gasteiger partial charge on any atom is 0.129 e. The zero-order chi connectivity index (χ0) is 13.1. The van der Waals surface area contributed by atoms with Gasteiger partial charge in [-0.1, -0.05) is 22.0 Å². The topological polar surface area (TPSA) is 24.9 Å². The number of aromatic nitrogens is 1. The van der Waals surface area contributed by atoms with Gasteiger partial charge in [-0.3, -0.25) is 0 Å². The van der Waals surface area contributed by atoms with Crippen LogP contribution in [0, 0.1) is 12.7 Å². The molecular weight excluding hydrogens is 315 g/mol. The van der Waals surface area contributed by atoms with Gasteiger partial charge in [-0.05, 0) is 26.0 Å². The number of hydrogen-bond donors (Lipinski definition) is 1. The lowest BCUT2D eigenvalue weighted by Crippen LogP contribution is -2.19. The molecule has 5 heteroatoms. The smallest absolute Gasteiger partial charge is 0.129 e. The highest BCUT2D eigenvalue weighted by atomic mass is 79.9. The Balaban J connectivity index is 2.01. The van der Waals surface area contributed by atoms with Gasteiger partial charge in [-0.25, -0.2) is 9.37 Å². The first-order valence-corrected chi connectivity index (χ1v) is 7.27. The fourth-order valence-electron chi connectivity index (χ4n) is 1.69. The third-order valence-corrected chi connectivity index (χ3v) is 4.06. The van der Waals surface area contributed by atoms with E-state index in [-0.39, 0.29) is 11.9 Å². The van der Waals surface area contributed by atoms with Gasteiger partial charge >= 0.3 is 0 Å². The van der Waals surface area contributed by atoms with Gasteiger partial charge in [-0.2, -0.15) is 0 Å². The second-order valence-electron chi connectivity index (χ2n) is 4.13. The summed E-state index contributed by atoms with van der Waals surface area (Å²) in [5.74, 6) is -0.195. The van der Waals surface area contributed by atoms with Crippen LogP contribution in [0.2, 0.25) is 0 Å². The SMILES string of the molecule is Cc1cnc(CNC(C)c2ccc(Br)cc2F)s1. The highest BCUT2D eigenvalue weighted by molar-refractivity contribution is 9.10. The summed E-state index contributed by atoms with van der Waals surface area (Å²) in [5.41, 5.74) is 0.673. The number of aryl methyl sites for hydroxylation is 1. The van der Waals surface area contributed by atoms with Gasteiger partial charge in [0.25, 0.3) is 0 Å². The van der Waals surface area contributed by atoms with Crippen LogP contribution in [0.5, 0.6) is 0 Å². The Kier molecular flexibility index (Phi) is 4.48. The number of halogens is 2. The fraction of sp³-hybridized carbons (Fsp3) is 0.308. The Hall–Kier alpha value is -0.780. The van der Waals surface area contributed by atoms with Crippen LogP contribution in [-0.4, -0.2) is 4.98 Å². The van der Waals surface area contributed by atoms with Crippen LogP contribution in [-0.2, 0) is 6.54 Å². The summed E-state index contributed by atoms with van der Waals surface area (Å²) in [6.07, 6.45) is 1.85. The molecule has 0 aliphatic heterocycles. The van der Waals surface area contributed by atoms with E-state index < -0.39 is 0 Å². The largest absolute Gasteiger partial charge is 0.304 e. The molecule has 0 radical (unpaired) electrons. The molecule has 0 aliphatic rings. The zero-order valence-electron chi connectivity index (χ0n) is 10.2. The molecular formula is C13H14BrFN2S. The van der Waals surface area contributed by atoms with Gasteiger partial charge in [-0.15, -0.1) is 11.3 Å². The Labute approximate surface area is 118 Å². The molecule has 0 amide bonds. The standard InChI is InChI=1S/C13H14BrFN2S/c1-8-6-17-13(18-8)7-16-9(2)11-4-3-10(14)5-12(11)15/h3-6,9,16H,7H2,1-2H3. The third kappa shape index (κ3) is 3.37. The van der Waals surface area contributed by atoms with Gasteiger partial charge in [0.15, 0.2) is 0 Å². The van der Waals surface area contributed by atoms with Crippen molar-refractivity contribution in [3.05, 3.63) is 50.1 Å². The molecule has 2 aromatic rings. The predicted octanol–water partition coefficient (Wildman–Crippen LogP) is 4.20. The van der Waals surface area contributed by atoms with Crippen molar-refractivity contribution >= 4 is 27.3 Å². The normalized spacial score (nSPS) is 12.7. The Morgan fingerprint density at radius 2 is 2.28 bits per heavy atom. The van der Waals surface area contributed by atoms with E-state index in [4.69, 9.17) is 0 Å². The number of rotatable bonds is 4. The Bertz CT molecular complexity index is 542. The van der Waals surface area contributed by atoms with Gasteiger partial charge < -0.3 is 5.32 Å². The van der Waals surface area contributed by atoms with Crippen molar-refractivity contribution in [2.45, 2.75) is 26.4 Å². The van der Waals surface area contributed by atoms with E-state index in [1.807, 2.05) is 26.1 Å². The van der Waals surface area contributed by atoms with Crippen LogP contribution in [0.15, 0.2) is 28.9 Å². The average molecular weight is 329 g/mol. The van der Waals surface area contributed by atoms with Crippen molar-refractivity contribution < 1.29 is 4.39 Å². The molecule has 0 saturated carbocycles.